The van der Waals surface area contributed by atoms with Gasteiger partial charge < -0.3 is 19.8 Å². The number of para-hydroxylation sites is 1. The van der Waals surface area contributed by atoms with Gasteiger partial charge in [0.2, 0.25) is 5.91 Å². The fraction of sp³-hybridized carbons (Fsp3) is 0.111. The normalized spacial score (nSPS) is 10.8. The highest BCUT2D eigenvalue weighted by Crippen LogP contribution is 2.26. The average Bonchev–Trinajstić information content (AvgIpc) is 2.84. The molecule has 0 aliphatic carbocycles. The lowest BCUT2D eigenvalue weighted by molar-refractivity contribution is -0.255. The predicted molar refractivity (Wildman–Crippen MR) is 91.0 cm³/mol. The summed E-state index contributed by atoms with van der Waals surface area (Å²) in [7, 11) is 1.61. The maximum atomic E-state index is 13.2. The van der Waals surface area contributed by atoms with E-state index in [1.54, 1.807) is 31.3 Å². The topological polar surface area (TPSA) is 74.2 Å². The molecule has 1 N–H and O–H groups in total. The van der Waals surface area contributed by atoms with Crippen LogP contribution in [0.15, 0.2) is 42.5 Å². The summed E-state index contributed by atoms with van der Waals surface area (Å²) < 4.78 is 14.7. The first-order chi connectivity index (χ1) is 11.9. The standard InChI is InChI=1S/C18H14ClFN2O3/c1-22-15-5-3-2-4-11(15)12(17(22)18(24)25)9-16(23)21-10-6-7-14(20)13(19)8-10/h2-8H,9H2,1H3,(H,21,23)(H,24,25)/p-1. The van der Waals surface area contributed by atoms with Crippen LogP contribution in [-0.4, -0.2) is 16.4 Å². The van der Waals surface area contributed by atoms with Gasteiger partial charge in [-0.1, -0.05) is 29.8 Å². The van der Waals surface area contributed by atoms with E-state index in [4.69, 9.17) is 11.6 Å². The molecule has 0 fully saturated rings. The molecule has 0 atom stereocenters. The van der Waals surface area contributed by atoms with Gasteiger partial charge in [0.15, 0.2) is 0 Å². The molecule has 1 aromatic heterocycles. The molecule has 5 nitrogen and oxygen atoms in total. The molecule has 3 aromatic rings. The first-order valence-electron chi connectivity index (χ1n) is 7.41. The highest BCUT2D eigenvalue weighted by molar-refractivity contribution is 6.31. The number of amides is 1. The number of fused-ring (bicyclic) bond motifs is 1. The highest BCUT2D eigenvalue weighted by Gasteiger charge is 2.18. The van der Waals surface area contributed by atoms with Crippen LogP contribution in [0, 0.1) is 5.82 Å². The van der Waals surface area contributed by atoms with Crippen LogP contribution in [0.3, 0.4) is 0 Å². The van der Waals surface area contributed by atoms with Crippen molar-refractivity contribution in [3.8, 4) is 0 Å². The minimum absolute atomic E-state index is 0.0477. The van der Waals surface area contributed by atoms with E-state index in [-0.39, 0.29) is 17.1 Å². The van der Waals surface area contributed by atoms with E-state index in [0.29, 0.717) is 22.2 Å². The van der Waals surface area contributed by atoms with Crippen LogP contribution in [-0.2, 0) is 18.3 Å². The van der Waals surface area contributed by atoms with Crippen molar-refractivity contribution in [2.45, 2.75) is 6.42 Å². The van der Waals surface area contributed by atoms with Crippen LogP contribution in [0.1, 0.15) is 16.1 Å². The number of nitrogens with zero attached hydrogens (tertiary/aromatic N) is 1. The van der Waals surface area contributed by atoms with Crippen molar-refractivity contribution in [1.82, 2.24) is 4.57 Å². The molecule has 1 amide bonds. The summed E-state index contributed by atoms with van der Waals surface area (Å²) in [6.45, 7) is 0. The molecule has 1 heterocycles. The number of anilines is 1. The van der Waals surface area contributed by atoms with Crippen LogP contribution in [0.5, 0.6) is 0 Å². The third-order valence-corrected chi connectivity index (χ3v) is 4.24. The van der Waals surface area contributed by atoms with E-state index in [1.807, 2.05) is 0 Å². The van der Waals surface area contributed by atoms with Crippen molar-refractivity contribution in [2.75, 3.05) is 5.32 Å². The Balaban J connectivity index is 1.94. The molecule has 2 aromatic carbocycles. The minimum atomic E-state index is -1.36. The van der Waals surface area contributed by atoms with Crippen molar-refractivity contribution >= 4 is 40.1 Å². The molecular formula is C18H13ClFN2O3-. The molecule has 0 saturated carbocycles. The van der Waals surface area contributed by atoms with E-state index < -0.39 is 17.7 Å². The van der Waals surface area contributed by atoms with Crippen LogP contribution in [0.2, 0.25) is 5.02 Å². The monoisotopic (exact) mass is 359 g/mol. The average molecular weight is 360 g/mol. The summed E-state index contributed by atoms with van der Waals surface area (Å²) in [5.74, 6) is -2.39. The minimum Gasteiger partial charge on any atom is -0.543 e. The molecule has 7 heteroatoms. The summed E-state index contributed by atoms with van der Waals surface area (Å²) in [4.78, 5) is 23.8. The number of aryl methyl sites for hydroxylation is 1. The number of carbonyl (C=O) groups is 2. The molecule has 0 spiro atoms. The SMILES string of the molecule is Cn1c(C(=O)[O-])c(CC(=O)Nc2ccc(F)c(Cl)c2)c2ccccc21. The van der Waals surface area contributed by atoms with Gasteiger partial charge in [0.1, 0.15) is 5.82 Å². The van der Waals surface area contributed by atoms with Gasteiger partial charge in [0.05, 0.1) is 23.1 Å². The molecular weight excluding hydrogens is 347 g/mol. The van der Waals surface area contributed by atoms with Crippen molar-refractivity contribution in [1.29, 1.82) is 0 Å². The van der Waals surface area contributed by atoms with E-state index in [2.05, 4.69) is 5.32 Å². The van der Waals surface area contributed by atoms with Gasteiger partial charge in [-0.3, -0.25) is 4.79 Å². The zero-order valence-electron chi connectivity index (χ0n) is 13.2. The Labute approximate surface area is 147 Å². The number of halogens is 2. The molecule has 0 aliphatic heterocycles. The molecule has 3 rings (SSSR count). The van der Waals surface area contributed by atoms with Crippen molar-refractivity contribution in [2.24, 2.45) is 7.05 Å². The van der Waals surface area contributed by atoms with Gasteiger partial charge in [-0.25, -0.2) is 4.39 Å². The lowest BCUT2D eigenvalue weighted by Crippen LogP contribution is -2.27. The Hall–Kier alpha value is -2.86. The summed E-state index contributed by atoms with van der Waals surface area (Å²) >= 11 is 5.69. The Kier molecular flexibility index (Phi) is 4.46. The first kappa shape index (κ1) is 17.0. The lowest BCUT2D eigenvalue weighted by atomic mass is 10.1. The van der Waals surface area contributed by atoms with Crippen LogP contribution in [0.4, 0.5) is 10.1 Å². The van der Waals surface area contributed by atoms with E-state index >= 15 is 0 Å². The quantitative estimate of drug-likeness (QED) is 0.777. The number of aromatic nitrogens is 1. The Morgan fingerprint density at radius 1 is 1.24 bits per heavy atom. The van der Waals surface area contributed by atoms with E-state index in [1.165, 1.54) is 16.7 Å². The number of hydrogen-bond acceptors (Lipinski definition) is 3. The van der Waals surface area contributed by atoms with Crippen molar-refractivity contribution in [3.63, 3.8) is 0 Å². The molecule has 0 bridgehead atoms. The van der Waals surface area contributed by atoms with Crippen LogP contribution >= 0.6 is 11.6 Å². The highest BCUT2D eigenvalue weighted by atomic mass is 35.5. The molecule has 0 unspecified atom stereocenters. The summed E-state index contributed by atoms with van der Waals surface area (Å²) in [5.41, 5.74) is 1.33. The number of carboxylic acid groups (broad SMARTS) is 1. The lowest BCUT2D eigenvalue weighted by Gasteiger charge is -2.10. The first-order valence-corrected chi connectivity index (χ1v) is 7.79. The maximum Gasteiger partial charge on any atom is 0.228 e. The number of rotatable bonds is 4. The largest absolute Gasteiger partial charge is 0.543 e. The second-order valence-electron chi connectivity index (χ2n) is 5.54. The van der Waals surface area contributed by atoms with Crippen LogP contribution < -0.4 is 10.4 Å². The smallest absolute Gasteiger partial charge is 0.228 e. The van der Waals surface area contributed by atoms with Gasteiger partial charge >= 0.3 is 0 Å². The number of benzene rings is 2. The van der Waals surface area contributed by atoms with E-state index in [0.717, 1.165) is 6.07 Å². The van der Waals surface area contributed by atoms with E-state index in [9.17, 15) is 19.1 Å². The Bertz CT molecular complexity index is 997. The summed E-state index contributed by atoms with van der Waals surface area (Å²) in [6.07, 6.45) is -0.167. The fourth-order valence-corrected chi connectivity index (χ4v) is 3.03. The van der Waals surface area contributed by atoms with Gasteiger partial charge in [-0.15, -0.1) is 0 Å². The molecule has 0 saturated heterocycles. The zero-order chi connectivity index (χ0) is 18.1. The zero-order valence-corrected chi connectivity index (χ0v) is 13.9. The molecule has 25 heavy (non-hydrogen) atoms. The van der Waals surface area contributed by atoms with Crippen molar-refractivity contribution < 1.29 is 19.1 Å². The number of hydrogen-bond donors (Lipinski definition) is 1. The molecule has 0 aliphatic rings. The Morgan fingerprint density at radius 3 is 2.64 bits per heavy atom. The number of carbonyl (C=O) groups excluding carboxylic acids is 2. The summed E-state index contributed by atoms with van der Waals surface area (Å²) in [6, 6.07) is 10.9. The molecule has 128 valence electrons. The number of carboxylic acids is 1. The van der Waals surface area contributed by atoms with Gasteiger partial charge in [-0.2, -0.15) is 0 Å². The van der Waals surface area contributed by atoms with Crippen molar-refractivity contribution in [3.05, 3.63) is 64.6 Å². The third kappa shape index (κ3) is 3.21. The fourth-order valence-electron chi connectivity index (χ4n) is 2.85. The summed E-state index contributed by atoms with van der Waals surface area (Å²) in [5, 5.41) is 14.6. The maximum absolute atomic E-state index is 13.2. The van der Waals surface area contributed by atoms with Gasteiger partial charge in [-0.05, 0) is 29.8 Å². The number of aromatic carboxylic acids is 1. The molecule has 0 radical (unpaired) electrons. The Morgan fingerprint density at radius 2 is 1.96 bits per heavy atom. The van der Waals surface area contributed by atoms with Gasteiger partial charge in [0, 0.05) is 23.6 Å². The predicted octanol–water partition coefficient (Wildman–Crippen LogP) is 2.52. The van der Waals surface area contributed by atoms with Crippen LogP contribution in [0.25, 0.3) is 10.9 Å². The second kappa shape index (κ2) is 6.57. The second-order valence-corrected chi connectivity index (χ2v) is 5.95. The number of nitrogens with one attached hydrogen (secondary N) is 1. The van der Waals surface area contributed by atoms with Gasteiger partial charge in [0.25, 0.3) is 0 Å². The third-order valence-electron chi connectivity index (χ3n) is 3.95.